The molecule has 1 saturated heterocycles. The molecule has 1 unspecified atom stereocenters. The Morgan fingerprint density at radius 2 is 2.09 bits per heavy atom. The molecule has 1 fully saturated rings. The Morgan fingerprint density at radius 3 is 2.78 bits per heavy atom. The van der Waals surface area contributed by atoms with Crippen molar-refractivity contribution in [2.45, 2.75) is 12.8 Å². The average molecular weight is 331 g/mol. The highest BCUT2D eigenvalue weighted by Gasteiger charge is 2.21. The predicted octanol–water partition coefficient (Wildman–Crippen LogP) is 4.04. The number of rotatable bonds is 5. The molecule has 2 aliphatic rings. The van der Waals surface area contributed by atoms with Crippen LogP contribution in [0.2, 0.25) is 0 Å². The zero-order chi connectivity index (χ0) is 16.1. The molecule has 0 bridgehead atoms. The number of anilines is 1. The summed E-state index contributed by atoms with van der Waals surface area (Å²) >= 11 is 6.28. The van der Waals surface area contributed by atoms with E-state index in [0.717, 1.165) is 37.5 Å². The van der Waals surface area contributed by atoms with Crippen LogP contribution in [0.3, 0.4) is 0 Å². The second-order valence-corrected chi connectivity index (χ2v) is 6.34. The third-order valence-electron chi connectivity index (χ3n) is 4.34. The maximum Gasteiger partial charge on any atom is 0.139 e. The van der Waals surface area contributed by atoms with Gasteiger partial charge < -0.3 is 15.0 Å². The van der Waals surface area contributed by atoms with E-state index >= 15 is 0 Å². The van der Waals surface area contributed by atoms with Gasteiger partial charge in [0.15, 0.2) is 0 Å². The summed E-state index contributed by atoms with van der Waals surface area (Å²) < 4.78 is 5.45. The van der Waals surface area contributed by atoms with Crippen LogP contribution < -0.4 is 10.2 Å². The van der Waals surface area contributed by atoms with Gasteiger partial charge in [0.2, 0.25) is 0 Å². The molecule has 1 aliphatic heterocycles. The number of nitrogens with zero attached hydrogens (tertiary/aromatic N) is 1. The molecule has 4 heteroatoms. The van der Waals surface area contributed by atoms with Crippen LogP contribution in [-0.4, -0.2) is 26.7 Å². The maximum atomic E-state index is 6.28. The summed E-state index contributed by atoms with van der Waals surface area (Å²) in [6, 6.07) is 10.5. The van der Waals surface area contributed by atoms with E-state index in [1.165, 1.54) is 12.1 Å². The van der Waals surface area contributed by atoms with E-state index in [2.05, 4.69) is 46.6 Å². The fourth-order valence-corrected chi connectivity index (χ4v) is 3.31. The lowest BCUT2D eigenvalue weighted by Gasteiger charge is -2.29. The van der Waals surface area contributed by atoms with Crippen LogP contribution in [0.1, 0.15) is 12.8 Å². The Labute approximate surface area is 143 Å². The van der Waals surface area contributed by atoms with Crippen molar-refractivity contribution in [1.29, 1.82) is 0 Å². The van der Waals surface area contributed by atoms with Crippen LogP contribution in [0, 0.1) is 5.92 Å². The van der Waals surface area contributed by atoms with E-state index in [-0.39, 0.29) is 0 Å². The summed E-state index contributed by atoms with van der Waals surface area (Å²) in [5.74, 6) is 1.38. The van der Waals surface area contributed by atoms with Gasteiger partial charge in [0, 0.05) is 24.0 Å². The van der Waals surface area contributed by atoms with E-state index in [1.807, 2.05) is 12.2 Å². The summed E-state index contributed by atoms with van der Waals surface area (Å²) in [6.07, 6.45) is 8.27. The number of allylic oxidation sites excluding steroid dienone is 4. The van der Waals surface area contributed by atoms with Crippen molar-refractivity contribution in [1.82, 2.24) is 5.32 Å². The Bertz CT molecular complexity index is 616. The number of nitrogens with one attached hydrogen (secondary N) is 1. The molecule has 122 valence electrons. The Balaban J connectivity index is 1.91. The normalized spacial score (nSPS) is 21.1. The lowest BCUT2D eigenvalue weighted by Crippen LogP contribution is -2.29. The summed E-state index contributed by atoms with van der Waals surface area (Å²) in [4.78, 5) is 2.38. The van der Waals surface area contributed by atoms with Crippen molar-refractivity contribution < 1.29 is 4.74 Å². The Kier molecular flexibility index (Phi) is 5.42. The molecule has 1 aliphatic carbocycles. The van der Waals surface area contributed by atoms with Crippen LogP contribution in [0.15, 0.2) is 65.0 Å². The van der Waals surface area contributed by atoms with Crippen LogP contribution in [0.25, 0.3) is 0 Å². The summed E-state index contributed by atoms with van der Waals surface area (Å²) in [5, 5.41) is 4.13. The van der Waals surface area contributed by atoms with Gasteiger partial charge in [0.1, 0.15) is 5.76 Å². The third-order valence-corrected chi connectivity index (χ3v) is 4.68. The molecule has 0 spiro atoms. The zero-order valence-electron chi connectivity index (χ0n) is 13.5. The van der Waals surface area contributed by atoms with Crippen LogP contribution >= 0.6 is 11.6 Å². The number of methoxy groups -OCH3 is 1. The topological polar surface area (TPSA) is 24.5 Å². The van der Waals surface area contributed by atoms with Gasteiger partial charge in [-0.25, -0.2) is 0 Å². The fraction of sp³-hybridized carbons (Fsp3) is 0.368. The summed E-state index contributed by atoms with van der Waals surface area (Å²) in [6.45, 7) is 3.18. The largest absolute Gasteiger partial charge is 0.495 e. The Morgan fingerprint density at radius 1 is 1.26 bits per heavy atom. The standard InChI is InChI=1S/C19H23ClN2O/c1-23-19-12-17(8-5-9-18(19)20)22(14-15-10-11-21-13-15)16-6-3-2-4-7-16/h2-4,6-9,12,15,21H,5,10-11,13-14H2,1H3. The molecule has 0 saturated carbocycles. The molecule has 0 aromatic heterocycles. The summed E-state index contributed by atoms with van der Waals surface area (Å²) in [7, 11) is 1.67. The number of ether oxygens (including phenoxy) is 1. The lowest BCUT2D eigenvalue weighted by molar-refractivity contribution is 0.304. The maximum absolute atomic E-state index is 6.28. The van der Waals surface area contributed by atoms with Crippen molar-refractivity contribution in [2.24, 2.45) is 5.92 Å². The smallest absolute Gasteiger partial charge is 0.139 e. The van der Waals surface area contributed by atoms with E-state index in [1.54, 1.807) is 7.11 Å². The predicted molar refractivity (Wildman–Crippen MR) is 96.5 cm³/mol. The minimum Gasteiger partial charge on any atom is -0.495 e. The SMILES string of the molecule is COC1=CC(N(CC2CCNC2)c2ccccc2)=CCC=C1Cl. The quantitative estimate of drug-likeness (QED) is 0.881. The van der Waals surface area contributed by atoms with Crippen LogP contribution in [0.5, 0.6) is 0 Å². The van der Waals surface area contributed by atoms with Gasteiger partial charge >= 0.3 is 0 Å². The first-order chi connectivity index (χ1) is 11.3. The lowest BCUT2D eigenvalue weighted by atomic mass is 10.1. The van der Waals surface area contributed by atoms with Crippen molar-refractivity contribution in [2.75, 3.05) is 31.6 Å². The minimum atomic E-state index is 0.655. The molecule has 1 heterocycles. The van der Waals surface area contributed by atoms with Gasteiger partial charge in [-0.05, 0) is 44.0 Å². The highest BCUT2D eigenvalue weighted by molar-refractivity contribution is 6.31. The fourth-order valence-electron chi connectivity index (χ4n) is 3.09. The first-order valence-electron chi connectivity index (χ1n) is 8.13. The zero-order valence-corrected chi connectivity index (χ0v) is 14.2. The second kappa shape index (κ2) is 7.71. The van der Waals surface area contributed by atoms with Crippen molar-refractivity contribution in [3.63, 3.8) is 0 Å². The Hall–Kier alpha value is -1.71. The minimum absolute atomic E-state index is 0.655. The van der Waals surface area contributed by atoms with Crippen molar-refractivity contribution in [3.05, 3.63) is 65.0 Å². The molecule has 0 radical (unpaired) electrons. The molecule has 1 atom stereocenters. The highest BCUT2D eigenvalue weighted by Crippen LogP contribution is 2.28. The average Bonchev–Trinajstić information content (AvgIpc) is 3.02. The molecular weight excluding hydrogens is 308 g/mol. The molecule has 1 N–H and O–H groups in total. The van der Waals surface area contributed by atoms with Gasteiger partial charge in [-0.3, -0.25) is 0 Å². The number of hydrogen-bond donors (Lipinski definition) is 1. The van der Waals surface area contributed by atoms with Gasteiger partial charge in [-0.15, -0.1) is 0 Å². The third kappa shape index (κ3) is 3.98. The van der Waals surface area contributed by atoms with E-state index in [0.29, 0.717) is 11.0 Å². The van der Waals surface area contributed by atoms with Gasteiger partial charge in [0.05, 0.1) is 12.1 Å². The van der Waals surface area contributed by atoms with Crippen molar-refractivity contribution in [3.8, 4) is 0 Å². The van der Waals surface area contributed by atoms with Crippen LogP contribution in [-0.2, 0) is 4.74 Å². The number of benzene rings is 1. The van der Waals surface area contributed by atoms with E-state index in [9.17, 15) is 0 Å². The molecular formula is C19H23ClN2O. The van der Waals surface area contributed by atoms with E-state index < -0.39 is 0 Å². The first kappa shape index (κ1) is 16.2. The van der Waals surface area contributed by atoms with Gasteiger partial charge in [-0.1, -0.05) is 42.0 Å². The molecule has 3 rings (SSSR count). The first-order valence-corrected chi connectivity index (χ1v) is 8.51. The van der Waals surface area contributed by atoms with Crippen molar-refractivity contribution >= 4 is 17.3 Å². The second-order valence-electron chi connectivity index (χ2n) is 5.93. The molecule has 23 heavy (non-hydrogen) atoms. The number of hydrogen-bond acceptors (Lipinski definition) is 3. The molecule has 3 nitrogen and oxygen atoms in total. The molecule has 1 aromatic rings. The number of para-hydroxylation sites is 1. The monoisotopic (exact) mass is 330 g/mol. The molecule has 1 aromatic carbocycles. The van der Waals surface area contributed by atoms with Gasteiger partial charge in [0.25, 0.3) is 0 Å². The molecule has 0 amide bonds. The van der Waals surface area contributed by atoms with Crippen LogP contribution in [0.4, 0.5) is 5.69 Å². The van der Waals surface area contributed by atoms with E-state index in [4.69, 9.17) is 16.3 Å². The summed E-state index contributed by atoms with van der Waals surface area (Å²) in [5.41, 5.74) is 2.35. The van der Waals surface area contributed by atoms with Gasteiger partial charge in [-0.2, -0.15) is 0 Å². The number of halogens is 1. The highest BCUT2D eigenvalue weighted by atomic mass is 35.5.